The summed E-state index contributed by atoms with van der Waals surface area (Å²) in [5.74, 6) is -3.09. The van der Waals surface area contributed by atoms with Crippen LogP contribution < -0.4 is 43.8 Å². The zero-order valence-electron chi connectivity index (χ0n) is 29.8. The number of rotatable bonds is 19. The number of fused-ring (bicyclic) bond motifs is 1. The standard InChI is InChI=1S/C38H51N9O5/c1-38(2,41)37(52)47-32(21-28-22-42-23-43-28)36(51)46-31(20-25-15-16-26-12-6-7-13-27(26)18-25)35(50)45-30(19-24-10-4-3-5-11-24)34(49)44-29(33(40)48)14-8-9-17-39/h3-7,10-13,15-16,18,23,28-32H,8-9,14,17,19-22,39,41H2,1-2H3,(H2,40,48)(H,42,43)(H,44,49)(H,45,50)(H,46,51)(H,47,52)/t28?,29-,30+,31+,32-/m0/s1. The molecule has 0 spiro atoms. The van der Waals surface area contributed by atoms with E-state index in [0.717, 1.165) is 21.9 Å². The highest BCUT2D eigenvalue weighted by Gasteiger charge is 2.34. The Labute approximate surface area is 304 Å². The van der Waals surface area contributed by atoms with E-state index >= 15 is 0 Å². The Hall–Kier alpha value is -5.34. The molecular formula is C38H51N9O5. The number of unbranched alkanes of at least 4 members (excludes halogenated alkanes) is 1. The Morgan fingerprint density at radius 1 is 0.769 bits per heavy atom. The lowest BCUT2D eigenvalue weighted by atomic mass is 9.98. The third-order valence-electron chi connectivity index (χ3n) is 8.86. The normalized spacial score (nSPS) is 16.2. The molecule has 3 aromatic rings. The molecule has 0 fully saturated rings. The van der Waals surface area contributed by atoms with Gasteiger partial charge in [-0.05, 0) is 68.0 Å². The maximum Gasteiger partial charge on any atom is 0.243 e. The van der Waals surface area contributed by atoms with Gasteiger partial charge in [0.2, 0.25) is 29.5 Å². The lowest BCUT2D eigenvalue weighted by molar-refractivity contribution is -0.135. The van der Waals surface area contributed by atoms with Gasteiger partial charge in [-0.2, -0.15) is 0 Å². The fourth-order valence-electron chi connectivity index (χ4n) is 5.86. The van der Waals surface area contributed by atoms with Crippen LogP contribution in [0.1, 0.15) is 50.7 Å². The largest absolute Gasteiger partial charge is 0.372 e. The summed E-state index contributed by atoms with van der Waals surface area (Å²) in [6, 6.07) is 18.0. The molecule has 5 atom stereocenters. The molecule has 4 rings (SSSR count). The quantitative estimate of drug-likeness (QED) is 0.0803. The van der Waals surface area contributed by atoms with Crippen molar-refractivity contribution in [2.24, 2.45) is 22.2 Å². The number of hydrogen-bond acceptors (Lipinski definition) is 9. The summed E-state index contributed by atoms with van der Waals surface area (Å²) in [4.78, 5) is 71.5. The van der Waals surface area contributed by atoms with Gasteiger partial charge in [0, 0.05) is 18.9 Å². The number of nitrogens with zero attached hydrogens (tertiary/aromatic N) is 1. The molecule has 0 bridgehead atoms. The molecule has 0 saturated heterocycles. The number of aliphatic imine (C=N–C) groups is 1. The van der Waals surface area contributed by atoms with Gasteiger partial charge in [-0.1, -0.05) is 72.8 Å². The van der Waals surface area contributed by atoms with Gasteiger partial charge in [-0.25, -0.2) is 0 Å². The van der Waals surface area contributed by atoms with E-state index in [1.165, 1.54) is 13.8 Å². The van der Waals surface area contributed by atoms with E-state index < -0.39 is 59.2 Å². The Bertz CT molecular complexity index is 1720. The third-order valence-corrected chi connectivity index (χ3v) is 8.86. The summed E-state index contributed by atoms with van der Waals surface area (Å²) in [6.45, 7) is 3.89. The first kappa shape index (κ1) is 39.4. The van der Waals surface area contributed by atoms with Crippen molar-refractivity contribution in [1.82, 2.24) is 26.6 Å². The van der Waals surface area contributed by atoms with Crippen molar-refractivity contribution >= 4 is 46.6 Å². The fourth-order valence-corrected chi connectivity index (χ4v) is 5.86. The zero-order chi connectivity index (χ0) is 37.7. The van der Waals surface area contributed by atoms with Crippen LogP contribution in [0, 0.1) is 0 Å². The molecule has 14 nitrogen and oxygen atoms in total. The van der Waals surface area contributed by atoms with E-state index in [1.807, 2.05) is 72.8 Å². The minimum Gasteiger partial charge on any atom is -0.372 e. The molecule has 11 N–H and O–H groups in total. The maximum atomic E-state index is 14.3. The van der Waals surface area contributed by atoms with Crippen LogP contribution in [-0.2, 0) is 36.8 Å². The summed E-state index contributed by atoms with van der Waals surface area (Å²) in [5.41, 5.74) is 17.5. The predicted molar refractivity (Wildman–Crippen MR) is 201 cm³/mol. The monoisotopic (exact) mass is 713 g/mol. The molecule has 0 saturated carbocycles. The molecular weight excluding hydrogens is 662 g/mol. The van der Waals surface area contributed by atoms with Crippen molar-refractivity contribution < 1.29 is 24.0 Å². The summed E-state index contributed by atoms with van der Waals surface area (Å²) >= 11 is 0. The molecule has 0 aliphatic carbocycles. The van der Waals surface area contributed by atoms with Gasteiger partial charge in [-0.3, -0.25) is 29.0 Å². The van der Waals surface area contributed by atoms with Crippen LogP contribution in [-0.4, -0.2) is 84.7 Å². The molecule has 5 amide bonds. The van der Waals surface area contributed by atoms with E-state index in [1.54, 1.807) is 6.34 Å². The topological polar surface area (TPSA) is 236 Å². The number of primary amides is 1. The molecule has 3 aromatic carbocycles. The number of nitrogens with one attached hydrogen (secondary N) is 5. The number of benzene rings is 3. The molecule has 0 aromatic heterocycles. The van der Waals surface area contributed by atoms with Gasteiger partial charge in [-0.15, -0.1) is 0 Å². The average molecular weight is 714 g/mol. The van der Waals surface area contributed by atoms with Crippen LogP contribution in [0.25, 0.3) is 10.8 Å². The minimum atomic E-state index is -1.27. The van der Waals surface area contributed by atoms with E-state index in [4.69, 9.17) is 17.2 Å². The van der Waals surface area contributed by atoms with Crippen LogP contribution in [0.5, 0.6) is 0 Å². The highest BCUT2D eigenvalue weighted by Crippen LogP contribution is 2.18. The molecule has 278 valence electrons. The van der Waals surface area contributed by atoms with Crippen molar-refractivity contribution in [3.8, 4) is 0 Å². The Kier molecular flexibility index (Phi) is 14.2. The first-order chi connectivity index (χ1) is 24.8. The lowest BCUT2D eigenvalue weighted by Crippen LogP contribution is -2.61. The molecule has 1 unspecified atom stereocenters. The Balaban J connectivity index is 1.63. The number of carbonyl (C=O) groups is 5. The van der Waals surface area contributed by atoms with Crippen molar-refractivity contribution in [1.29, 1.82) is 0 Å². The molecule has 52 heavy (non-hydrogen) atoms. The van der Waals surface area contributed by atoms with E-state index in [0.29, 0.717) is 32.4 Å². The van der Waals surface area contributed by atoms with Crippen LogP contribution in [0.15, 0.2) is 77.8 Å². The second-order valence-corrected chi connectivity index (χ2v) is 13.8. The zero-order valence-corrected chi connectivity index (χ0v) is 29.8. The SMILES string of the molecule is CC(C)(N)C(=O)N[C@@H](CC1CN=CN1)C(=O)N[C@H](Cc1ccc2ccccc2c1)C(=O)N[C@H](Cc1ccccc1)C(=O)N[C@@H](CCCCN)C(N)=O. The van der Waals surface area contributed by atoms with Gasteiger partial charge in [0.05, 0.1) is 18.4 Å². The maximum absolute atomic E-state index is 14.3. The lowest BCUT2D eigenvalue weighted by Gasteiger charge is -2.28. The highest BCUT2D eigenvalue weighted by molar-refractivity contribution is 5.96. The molecule has 14 heteroatoms. The molecule has 1 aliphatic heterocycles. The van der Waals surface area contributed by atoms with Gasteiger partial charge in [0.1, 0.15) is 24.2 Å². The smallest absolute Gasteiger partial charge is 0.243 e. The van der Waals surface area contributed by atoms with Gasteiger partial charge >= 0.3 is 0 Å². The van der Waals surface area contributed by atoms with E-state index in [9.17, 15) is 24.0 Å². The van der Waals surface area contributed by atoms with E-state index in [2.05, 4.69) is 31.6 Å². The third kappa shape index (κ3) is 11.9. The first-order valence-corrected chi connectivity index (χ1v) is 17.6. The number of nitrogens with two attached hydrogens (primary N) is 3. The highest BCUT2D eigenvalue weighted by atomic mass is 16.2. The molecule has 1 heterocycles. The molecule has 1 aliphatic rings. The van der Waals surface area contributed by atoms with Crippen molar-refractivity contribution in [3.63, 3.8) is 0 Å². The van der Waals surface area contributed by atoms with Crippen LogP contribution in [0.4, 0.5) is 0 Å². The second kappa shape index (κ2) is 18.8. The van der Waals surface area contributed by atoms with Crippen LogP contribution in [0.2, 0.25) is 0 Å². The molecule has 0 radical (unpaired) electrons. The van der Waals surface area contributed by atoms with E-state index in [-0.39, 0.29) is 25.3 Å². The predicted octanol–water partition coefficient (Wildman–Crippen LogP) is 0.306. The Morgan fingerprint density at radius 2 is 1.37 bits per heavy atom. The van der Waals surface area contributed by atoms with Gasteiger partial charge in [0.15, 0.2) is 0 Å². The van der Waals surface area contributed by atoms with Crippen LogP contribution in [0.3, 0.4) is 0 Å². The number of hydrogen-bond donors (Lipinski definition) is 8. The summed E-state index contributed by atoms with van der Waals surface area (Å²) < 4.78 is 0. The van der Waals surface area contributed by atoms with Crippen molar-refractivity contribution in [2.75, 3.05) is 13.1 Å². The van der Waals surface area contributed by atoms with Gasteiger partial charge < -0.3 is 43.8 Å². The summed E-state index contributed by atoms with van der Waals surface area (Å²) in [6.07, 6.45) is 3.40. The minimum absolute atomic E-state index is 0.0684. The fraction of sp³-hybridized carbons (Fsp3) is 0.421. The number of carbonyl (C=O) groups excluding carboxylic acids is 5. The van der Waals surface area contributed by atoms with Crippen molar-refractivity contribution in [2.45, 2.75) is 88.1 Å². The first-order valence-electron chi connectivity index (χ1n) is 17.6. The summed E-state index contributed by atoms with van der Waals surface area (Å²) in [5, 5.41) is 16.2. The van der Waals surface area contributed by atoms with Crippen molar-refractivity contribution in [3.05, 3.63) is 83.9 Å². The average Bonchev–Trinajstić information content (AvgIpc) is 3.63. The number of amides is 5. The Morgan fingerprint density at radius 3 is 1.96 bits per heavy atom. The van der Waals surface area contributed by atoms with Crippen LogP contribution >= 0.6 is 0 Å². The summed E-state index contributed by atoms with van der Waals surface area (Å²) in [7, 11) is 0. The second-order valence-electron chi connectivity index (χ2n) is 13.8. The van der Waals surface area contributed by atoms with Gasteiger partial charge in [0.25, 0.3) is 0 Å².